The lowest BCUT2D eigenvalue weighted by Crippen LogP contribution is -2.38. The highest BCUT2D eigenvalue weighted by Gasteiger charge is 2.34. The molecular formula is C24H34N6O2. The first-order valence-electron chi connectivity index (χ1n) is 11.9. The first-order valence-corrected chi connectivity index (χ1v) is 11.9. The molecule has 0 spiro atoms. The number of hydrogen-bond acceptors (Lipinski definition) is 5. The van der Waals surface area contributed by atoms with E-state index in [9.17, 15) is 9.59 Å². The number of imidazole rings is 1. The number of nitrogens with one attached hydrogen (secondary N) is 1. The maximum atomic E-state index is 13.3. The summed E-state index contributed by atoms with van der Waals surface area (Å²) in [6, 6.07) is 0.00439. The lowest BCUT2D eigenvalue weighted by atomic mass is 9.95. The Labute approximate surface area is 189 Å². The van der Waals surface area contributed by atoms with E-state index >= 15 is 0 Å². The second kappa shape index (κ2) is 9.79. The van der Waals surface area contributed by atoms with Crippen LogP contribution in [0, 0.1) is 6.92 Å². The maximum absolute atomic E-state index is 13.3. The molecule has 8 heteroatoms. The van der Waals surface area contributed by atoms with Crippen molar-refractivity contribution in [1.82, 2.24) is 29.7 Å². The highest BCUT2D eigenvalue weighted by molar-refractivity contribution is 5.95. The van der Waals surface area contributed by atoms with Crippen molar-refractivity contribution >= 4 is 11.8 Å². The fourth-order valence-electron chi connectivity index (χ4n) is 4.97. The minimum absolute atomic E-state index is 0.0299. The molecule has 0 radical (unpaired) electrons. The summed E-state index contributed by atoms with van der Waals surface area (Å²) in [5.41, 5.74) is 1.17. The van der Waals surface area contributed by atoms with Gasteiger partial charge in [0.2, 0.25) is 5.91 Å². The van der Waals surface area contributed by atoms with Gasteiger partial charge in [0.15, 0.2) is 0 Å². The van der Waals surface area contributed by atoms with E-state index in [4.69, 9.17) is 0 Å². The van der Waals surface area contributed by atoms with E-state index in [1.54, 1.807) is 12.4 Å². The molecule has 1 saturated heterocycles. The summed E-state index contributed by atoms with van der Waals surface area (Å²) in [5, 5.41) is 3.18. The summed E-state index contributed by atoms with van der Waals surface area (Å²) in [5.74, 6) is 1.67. The molecule has 32 heavy (non-hydrogen) atoms. The van der Waals surface area contributed by atoms with Gasteiger partial charge < -0.3 is 14.8 Å². The molecule has 1 unspecified atom stereocenters. The normalized spacial score (nSPS) is 19.5. The minimum atomic E-state index is -0.206. The van der Waals surface area contributed by atoms with Crippen LogP contribution in [-0.4, -0.2) is 48.8 Å². The monoisotopic (exact) mass is 438 g/mol. The molecular weight excluding hydrogens is 404 g/mol. The van der Waals surface area contributed by atoms with Crippen molar-refractivity contribution in [3.63, 3.8) is 0 Å². The molecule has 3 heterocycles. The van der Waals surface area contributed by atoms with Gasteiger partial charge in [-0.15, -0.1) is 0 Å². The van der Waals surface area contributed by atoms with Crippen LogP contribution in [0.3, 0.4) is 0 Å². The zero-order valence-corrected chi connectivity index (χ0v) is 19.4. The van der Waals surface area contributed by atoms with Gasteiger partial charge in [0.05, 0.1) is 17.3 Å². The smallest absolute Gasteiger partial charge is 0.255 e. The summed E-state index contributed by atoms with van der Waals surface area (Å²) >= 11 is 0. The number of aromatic nitrogens is 4. The van der Waals surface area contributed by atoms with Crippen LogP contribution in [0.1, 0.15) is 98.5 Å². The molecule has 2 aliphatic rings. The molecule has 2 amide bonds. The molecule has 1 aliphatic heterocycles. The van der Waals surface area contributed by atoms with Gasteiger partial charge in [-0.05, 0) is 32.6 Å². The van der Waals surface area contributed by atoms with Crippen molar-refractivity contribution in [2.75, 3.05) is 6.54 Å². The van der Waals surface area contributed by atoms with Crippen LogP contribution in [0.4, 0.5) is 0 Å². The van der Waals surface area contributed by atoms with Crippen molar-refractivity contribution < 1.29 is 9.59 Å². The minimum Gasteiger partial charge on any atom is -0.349 e. The van der Waals surface area contributed by atoms with Gasteiger partial charge in [-0.3, -0.25) is 9.59 Å². The molecule has 1 atom stereocenters. The van der Waals surface area contributed by atoms with Crippen LogP contribution < -0.4 is 5.32 Å². The highest BCUT2D eigenvalue weighted by atomic mass is 16.2. The quantitative estimate of drug-likeness (QED) is 0.745. The Balaban J connectivity index is 1.55. The van der Waals surface area contributed by atoms with Gasteiger partial charge in [0, 0.05) is 37.1 Å². The number of aryl methyl sites for hydroxylation is 1. The third-order valence-electron chi connectivity index (χ3n) is 6.58. The van der Waals surface area contributed by atoms with Gasteiger partial charge >= 0.3 is 0 Å². The number of carbonyl (C=O) groups excluding carboxylic acids is 2. The molecule has 1 N–H and O–H groups in total. The standard InChI is InChI=1S/C24H34N6O2/c1-16(2)23-25-11-13-29(23)15-21(31)30-12-7-10-20(30)22-19(14-26-17(3)27-22)24(32)28-18-8-5-4-6-9-18/h11,13-14,16,18,20H,4-10,12,15H2,1-3H3,(H,28,32). The molecule has 1 aliphatic carbocycles. The van der Waals surface area contributed by atoms with Crippen molar-refractivity contribution in [2.24, 2.45) is 0 Å². The largest absolute Gasteiger partial charge is 0.349 e. The Kier molecular flexibility index (Phi) is 6.86. The fourth-order valence-corrected chi connectivity index (χ4v) is 4.97. The van der Waals surface area contributed by atoms with Crippen LogP contribution in [-0.2, 0) is 11.3 Å². The fraction of sp³-hybridized carbons (Fsp3) is 0.625. The summed E-state index contributed by atoms with van der Waals surface area (Å²) in [7, 11) is 0. The summed E-state index contributed by atoms with van der Waals surface area (Å²) in [4.78, 5) is 41.7. The van der Waals surface area contributed by atoms with Crippen LogP contribution in [0.25, 0.3) is 0 Å². The van der Waals surface area contributed by atoms with E-state index in [0.29, 0.717) is 23.6 Å². The van der Waals surface area contributed by atoms with E-state index in [-0.39, 0.29) is 36.4 Å². The number of likely N-dealkylation sites (tertiary alicyclic amines) is 1. The Morgan fingerprint density at radius 1 is 1.12 bits per heavy atom. The average Bonchev–Trinajstić information content (AvgIpc) is 3.44. The van der Waals surface area contributed by atoms with Gasteiger partial charge in [0.25, 0.3) is 5.91 Å². The molecule has 0 bridgehead atoms. The van der Waals surface area contributed by atoms with Crippen LogP contribution in [0.5, 0.6) is 0 Å². The molecule has 0 aromatic carbocycles. The number of amides is 2. The highest BCUT2D eigenvalue weighted by Crippen LogP contribution is 2.33. The summed E-state index contributed by atoms with van der Waals surface area (Å²) < 4.78 is 1.92. The zero-order valence-electron chi connectivity index (χ0n) is 19.4. The van der Waals surface area contributed by atoms with Crippen molar-refractivity contribution in [3.05, 3.63) is 41.5 Å². The van der Waals surface area contributed by atoms with E-state index in [1.165, 1.54) is 6.42 Å². The van der Waals surface area contributed by atoms with Gasteiger partial charge in [-0.25, -0.2) is 15.0 Å². The molecule has 2 aromatic heterocycles. The summed E-state index contributed by atoms with van der Waals surface area (Å²) in [6.45, 7) is 6.89. The Bertz CT molecular complexity index is 963. The van der Waals surface area contributed by atoms with E-state index < -0.39 is 0 Å². The number of hydrogen-bond donors (Lipinski definition) is 1. The van der Waals surface area contributed by atoms with E-state index in [1.807, 2.05) is 22.6 Å². The van der Waals surface area contributed by atoms with Crippen molar-refractivity contribution in [3.8, 4) is 0 Å². The van der Waals surface area contributed by atoms with E-state index in [0.717, 1.165) is 44.3 Å². The van der Waals surface area contributed by atoms with Crippen molar-refractivity contribution in [1.29, 1.82) is 0 Å². The molecule has 2 fully saturated rings. The first kappa shape index (κ1) is 22.4. The number of rotatable bonds is 6. The molecule has 172 valence electrons. The molecule has 8 nitrogen and oxygen atoms in total. The average molecular weight is 439 g/mol. The topological polar surface area (TPSA) is 93.0 Å². The van der Waals surface area contributed by atoms with Crippen LogP contribution in [0.15, 0.2) is 18.6 Å². The predicted octanol–water partition coefficient (Wildman–Crippen LogP) is 3.53. The second-order valence-corrected chi connectivity index (χ2v) is 9.34. The first-order chi connectivity index (χ1) is 15.4. The van der Waals surface area contributed by atoms with Gasteiger partial charge in [0.1, 0.15) is 18.2 Å². The van der Waals surface area contributed by atoms with Crippen molar-refractivity contribution in [2.45, 2.75) is 90.3 Å². The predicted molar refractivity (Wildman–Crippen MR) is 121 cm³/mol. The molecule has 4 rings (SSSR count). The third kappa shape index (κ3) is 4.84. The number of nitrogens with zero attached hydrogens (tertiary/aromatic N) is 5. The Hall–Kier alpha value is -2.77. The Morgan fingerprint density at radius 3 is 2.66 bits per heavy atom. The van der Waals surface area contributed by atoms with E-state index in [2.05, 4.69) is 34.1 Å². The van der Waals surface area contributed by atoms with Gasteiger partial charge in [-0.1, -0.05) is 33.1 Å². The molecule has 2 aromatic rings. The second-order valence-electron chi connectivity index (χ2n) is 9.34. The van der Waals surface area contributed by atoms with Crippen LogP contribution >= 0.6 is 0 Å². The zero-order chi connectivity index (χ0) is 22.7. The lowest BCUT2D eigenvalue weighted by Gasteiger charge is -2.27. The molecule has 1 saturated carbocycles. The van der Waals surface area contributed by atoms with Crippen LogP contribution in [0.2, 0.25) is 0 Å². The Morgan fingerprint density at radius 2 is 1.91 bits per heavy atom. The number of carbonyl (C=O) groups is 2. The van der Waals surface area contributed by atoms with Gasteiger partial charge in [-0.2, -0.15) is 0 Å². The third-order valence-corrected chi connectivity index (χ3v) is 6.58. The SMILES string of the molecule is Cc1ncc(C(=O)NC2CCCCC2)c(C2CCCN2C(=O)Cn2ccnc2C(C)C)n1. The maximum Gasteiger partial charge on any atom is 0.255 e. The summed E-state index contributed by atoms with van der Waals surface area (Å²) in [6.07, 6.45) is 12.5. The lowest BCUT2D eigenvalue weighted by molar-refractivity contribution is -0.132.